The highest BCUT2D eigenvalue weighted by molar-refractivity contribution is 6.30. The second-order valence-corrected chi connectivity index (χ2v) is 4.26. The number of halogens is 3. The highest BCUT2D eigenvalue weighted by Gasteiger charge is 2.41. The van der Waals surface area contributed by atoms with E-state index in [4.69, 9.17) is 11.6 Å². The maximum Gasteiger partial charge on any atom is 0.298 e. The monoisotopic (exact) mass is 234 g/mol. The molecule has 1 aromatic rings. The minimum atomic E-state index is -3.26. The van der Waals surface area contributed by atoms with Crippen LogP contribution in [0.3, 0.4) is 0 Å². The van der Waals surface area contributed by atoms with Gasteiger partial charge in [-0.15, -0.1) is 0 Å². The van der Waals surface area contributed by atoms with E-state index in [1.165, 1.54) is 24.3 Å². The fraction of sp³-hybridized carbons (Fsp3) is 0.455. The van der Waals surface area contributed by atoms with Crippen molar-refractivity contribution in [3.63, 3.8) is 0 Å². The molecular formula is C11H13ClF2O. The van der Waals surface area contributed by atoms with Crippen LogP contribution in [0, 0.1) is 5.92 Å². The minimum Gasteiger partial charge on any atom is -0.386 e. The first-order valence-corrected chi connectivity index (χ1v) is 5.05. The average Bonchev–Trinajstić information content (AvgIpc) is 2.16. The topological polar surface area (TPSA) is 20.2 Å². The molecule has 0 bridgehead atoms. The van der Waals surface area contributed by atoms with Crippen LogP contribution >= 0.6 is 11.6 Å². The summed E-state index contributed by atoms with van der Waals surface area (Å²) in [5, 5.41) is 9.64. The minimum absolute atomic E-state index is 0.239. The molecule has 4 heteroatoms. The molecule has 0 aliphatic rings. The summed E-state index contributed by atoms with van der Waals surface area (Å²) in [7, 11) is 0. The molecule has 0 saturated heterocycles. The van der Waals surface area contributed by atoms with E-state index in [9.17, 15) is 13.9 Å². The van der Waals surface area contributed by atoms with Crippen molar-refractivity contribution in [3.05, 3.63) is 34.9 Å². The smallest absolute Gasteiger partial charge is 0.298 e. The summed E-state index contributed by atoms with van der Waals surface area (Å²) in [6, 6.07) is 5.39. The molecule has 1 atom stereocenters. The molecule has 84 valence electrons. The standard InChI is InChI=1S/C11H13ClF2O/c1-7(2)10(15)11(13,14)8-4-3-5-9(12)6-8/h3-7,10,15H,1-2H3. The van der Waals surface area contributed by atoms with Crippen LogP contribution in [0.4, 0.5) is 8.78 Å². The molecule has 1 N–H and O–H groups in total. The summed E-state index contributed by atoms with van der Waals surface area (Å²) in [5.74, 6) is -3.78. The highest BCUT2D eigenvalue weighted by atomic mass is 35.5. The van der Waals surface area contributed by atoms with Crippen LogP contribution in [0.25, 0.3) is 0 Å². The van der Waals surface area contributed by atoms with Crippen LogP contribution in [0.2, 0.25) is 5.02 Å². The first kappa shape index (κ1) is 12.4. The van der Waals surface area contributed by atoms with Gasteiger partial charge in [-0.2, -0.15) is 8.78 Å². The zero-order chi connectivity index (χ0) is 11.6. The van der Waals surface area contributed by atoms with Gasteiger partial charge in [-0.3, -0.25) is 0 Å². The number of aliphatic hydroxyl groups is 1. The molecule has 0 heterocycles. The fourth-order valence-electron chi connectivity index (χ4n) is 1.29. The Morgan fingerprint density at radius 1 is 1.33 bits per heavy atom. The summed E-state index contributed by atoms with van der Waals surface area (Å²) in [6.07, 6.45) is -1.70. The Balaban J connectivity index is 3.05. The molecule has 0 aromatic heterocycles. The summed E-state index contributed by atoms with van der Waals surface area (Å²) >= 11 is 5.62. The van der Waals surface area contributed by atoms with Crippen LogP contribution in [0.5, 0.6) is 0 Å². The Hall–Kier alpha value is -0.670. The normalized spacial score (nSPS) is 14.3. The molecule has 1 aromatic carbocycles. The van der Waals surface area contributed by atoms with E-state index in [1.54, 1.807) is 13.8 Å². The number of aliphatic hydroxyl groups excluding tert-OH is 1. The van der Waals surface area contributed by atoms with E-state index in [0.29, 0.717) is 0 Å². The second kappa shape index (κ2) is 4.45. The summed E-state index contributed by atoms with van der Waals surface area (Å²) in [6.45, 7) is 3.09. The van der Waals surface area contributed by atoms with Gasteiger partial charge in [0.05, 0.1) is 0 Å². The van der Waals surface area contributed by atoms with Crippen molar-refractivity contribution < 1.29 is 13.9 Å². The van der Waals surface area contributed by atoms with Crippen LogP contribution in [-0.2, 0) is 5.92 Å². The molecule has 0 spiro atoms. The Labute approximate surface area is 92.7 Å². The molecule has 0 aliphatic carbocycles. The van der Waals surface area contributed by atoms with Gasteiger partial charge in [0.25, 0.3) is 5.92 Å². The van der Waals surface area contributed by atoms with Crippen molar-refractivity contribution in [2.24, 2.45) is 5.92 Å². The maximum atomic E-state index is 13.7. The fourth-order valence-corrected chi connectivity index (χ4v) is 1.48. The quantitative estimate of drug-likeness (QED) is 0.849. The Morgan fingerprint density at radius 3 is 2.40 bits per heavy atom. The van der Waals surface area contributed by atoms with Crippen LogP contribution < -0.4 is 0 Å². The van der Waals surface area contributed by atoms with Gasteiger partial charge in [0.1, 0.15) is 6.10 Å². The van der Waals surface area contributed by atoms with Crippen LogP contribution in [-0.4, -0.2) is 11.2 Å². The zero-order valence-electron chi connectivity index (χ0n) is 8.55. The lowest BCUT2D eigenvalue weighted by Crippen LogP contribution is -2.35. The van der Waals surface area contributed by atoms with Crippen molar-refractivity contribution in [1.82, 2.24) is 0 Å². The zero-order valence-corrected chi connectivity index (χ0v) is 9.30. The molecule has 0 fully saturated rings. The van der Waals surface area contributed by atoms with Crippen molar-refractivity contribution >= 4 is 11.6 Å². The van der Waals surface area contributed by atoms with Gasteiger partial charge in [-0.1, -0.05) is 37.6 Å². The number of benzene rings is 1. The molecule has 0 amide bonds. The van der Waals surface area contributed by atoms with Crippen molar-refractivity contribution in [3.8, 4) is 0 Å². The first-order chi connectivity index (χ1) is 6.85. The van der Waals surface area contributed by atoms with Crippen molar-refractivity contribution in [2.45, 2.75) is 25.9 Å². The molecule has 1 unspecified atom stereocenters. The van der Waals surface area contributed by atoms with Gasteiger partial charge in [-0.25, -0.2) is 0 Å². The predicted octanol–water partition coefficient (Wildman–Crippen LogP) is 3.45. The largest absolute Gasteiger partial charge is 0.386 e. The number of rotatable bonds is 3. The lowest BCUT2D eigenvalue weighted by atomic mass is 9.95. The van der Waals surface area contributed by atoms with E-state index >= 15 is 0 Å². The number of alkyl halides is 2. The van der Waals surface area contributed by atoms with Crippen molar-refractivity contribution in [1.29, 1.82) is 0 Å². The summed E-state index contributed by atoms with van der Waals surface area (Å²) < 4.78 is 27.3. The number of hydrogen-bond donors (Lipinski definition) is 1. The van der Waals surface area contributed by atoms with E-state index in [1.807, 2.05) is 0 Å². The third-order valence-corrected chi connectivity index (χ3v) is 2.45. The third-order valence-electron chi connectivity index (χ3n) is 2.21. The van der Waals surface area contributed by atoms with E-state index in [2.05, 4.69) is 0 Å². The van der Waals surface area contributed by atoms with E-state index < -0.39 is 17.9 Å². The number of hydrogen-bond acceptors (Lipinski definition) is 1. The van der Waals surface area contributed by atoms with E-state index in [0.717, 1.165) is 0 Å². The molecule has 15 heavy (non-hydrogen) atoms. The van der Waals surface area contributed by atoms with Gasteiger partial charge >= 0.3 is 0 Å². The lowest BCUT2D eigenvalue weighted by molar-refractivity contribution is -0.132. The molecule has 0 radical (unpaired) electrons. The molecule has 1 nitrogen and oxygen atoms in total. The predicted molar refractivity (Wildman–Crippen MR) is 56.2 cm³/mol. The first-order valence-electron chi connectivity index (χ1n) is 4.67. The van der Waals surface area contributed by atoms with Crippen LogP contribution in [0.15, 0.2) is 24.3 Å². The van der Waals surface area contributed by atoms with E-state index in [-0.39, 0.29) is 10.6 Å². The lowest BCUT2D eigenvalue weighted by Gasteiger charge is -2.25. The Bertz CT molecular complexity index is 339. The highest BCUT2D eigenvalue weighted by Crippen LogP contribution is 2.35. The van der Waals surface area contributed by atoms with Gasteiger partial charge < -0.3 is 5.11 Å². The maximum absolute atomic E-state index is 13.7. The second-order valence-electron chi connectivity index (χ2n) is 3.82. The summed E-state index contributed by atoms with van der Waals surface area (Å²) in [4.78, 5) is 0. The van der Waals surface area contributed by atoms with Gasteiger partial charge in [-0.05, 0) is 18.1 Å². The van der Waals surface area contributed by atoms with Crippen molar-refractivity contribution in [2.75, 3.05) is 0 Å². The molecule has 0 aliphatic heterocycles. The van der Waals surface area contributed by atoms with Gasteiger partial charge in [0.15, 0.2) is 0 Å². The van der Waals surface area contributed by atoms with Gasteiger partial charge in [0.2, 0.25) is 0 Å². The molecular weight excluding hydrogens is 222 g/mol. The molecule has 1 rings (SSSR count). The Kier molecular flexibility index (Phi) is 3.68. The molecule has 0 saturated carbocycles. The third kappa shape index (κ3) is 2.67. The van der Waals surface area contributed by atoms with Gasteiger partial charge in [0, 0.05) is 10.6 Å². The van der Waals surface area contributed by atoms with Crippen LogP contribution in [0.1, 0.15) is 19.4 Å². The average molecular weight is 235 g/mol. The Morgan fingerprint density at radius 2 is 1.93 bits per heavy atom. The summed E-state index contributed by atoms with van der Waals surface area (Å²) in [5.41, 5.74) is -0.254. The SMILES string of the molecule is CC(C)C(O)C(F)(F)c1cccc(Cl)c1.